The summed E-state index contributed by atoms with van der Waals surface area (Å²) in [6.07, 6.45) is 0. The van der Waals surface area contributed by atoms with Crippen molar-refractivity contribution in [2.75, 3.05) is 66.0 Å². The topological polar surface area (TPSA) is 21.8 Å². The Morgan fingerprint density at radius 2 is 1.64 bits per heavy atom. The quantitative estimate of drug-likeness (QED) is 0.907. The van der Waals surface area contributed by atoms with Crippen LogP contribution in [-0.4, -0.2) is 80.7 Å². The molecule has 4 nitrogen and oxygen atoms in total. The van der Waals surface area contributed by atoms with E-state index in [2.05, 4.69) is 39.2 Å². The van der Waals surface area contributed by atoms with E-state index in [1.54, 1.807) is 0 Å². The minimum atomic E-state index is 0.476. The number of piperazine rings is 2. The van der Waals surface area contributed by atoms with Crippen molar-refractivity contribution in [2.24, 2.45) is 0 Å². The van der Waals surface area contributed by atoms with Crippen molar-refractivity contribution in [3.63, 3.8) is 0 Å². The summed E-state index contributed by atoms with van der Waals surface area (Å²) in [6, 6.07) is 8.93. The largest absolute Gasteiger partial charge is 0.314 e. The van der Waals surface area contributed by atoms with Gasteiger partial charge in [-0.3, -0.25) is 9.80 Å². The molecule has 22 heavy (non-hydrogen) atoms. The third kappa shape index (κ3) is 4.21. The average Bonchev–Trinajstić information content (AvgIpc) is 2.56. The highest BCUT2D eigenvalue weighted by atomic mass is 35.5. The van der Waals surface area contributed by atoms with Gasteiger partial charge in [-0.25, -0.2) is 0 Å². The maximum atomic E-state index is 6.07. The lowest BCUT2D eigenvalue weighted by molar-refractivity contribution is 0.0816. The number of rotatable bonds is 4. The molecule has 3 rings (SSSR count). The molecule has 2 aliphatic heterocycles. The maximum Gasteiger partial charge on any atom is 0.0476 e. The number of likely N-dealkylation sites (N-methyl/N-ethyl adjacent to an activating group) is 1. The third-order valence-corrected chi connectivity index (χ3v) is 5.13. The van der Waals surface area contributed by atoms with Crippen LogP contribution in [0.15, 0.2) is 24.3 Å². The molecule has 0 amide bonds. The smallest absolute Gasteiger partial charge is 0.0476 e. The Hall–Kier alpha value is -0.650. The first-order valence-corrected chi connectivity index (χ1v) is 8.71. The molecule has 1 unspecified atom stereocenters. The summed E-state index contributed by atoms with van der Waals surface area (Å²) >= 11 is 6.07. The predicted molar refractivity (Wildman–Crippen MR) is 92.6 cm³/mol. The van der Waals surface area contributed by atoms with Crippen LogP contribution in [0.1, 0.15) is 11.6 Å². The zero-order chi connectivity index (χ0) is 15.4. The molecule has 0 bridgehead atoms. The molecular weight excluding hydrogens is 296 g/mol. The zero-order valence-electron chi connectivity index (χ0n) is 13.5. The van der Waals surface area contributed by atoms with Gasteiger partial charge in [-0.05, 0) is 24.7 Å². The molecule has 0 radical (unpaired) electrons. The summed E-state index contributed by atoms with van der Waals surface area (Å²) < 4.78 is 0. The van der Waals surface area contributed by atoms with Crippen LogP contribution < -0.4 is 5.32 Å². The van der Waals surface area contributed by atoms with Crippen LogP contribution in [0.4, 0.5) is 0 Å². The second kappa shape index (κ2) is 7.75. The first-order chi connectivity index (χ1) is 10.7. The van der Waals surface area contributed by atoms with Gasteiger partial charge in [-0.2, -0.15) is 0 Å². The molecule has 0 aliphatic carbocycles. The molecule has 1 aromatic carbocycles. The van der Waals surface area contributed by atoms with E-state index in [0.717, 1.165) is 63.9 Å². The van der Waals surface area contributed by atoms with E-state index >= 15 is 0 Å². The van der Waals surface area contributed by atoms with E-state index in [9.17, 15) is 0 Å². The third-order valence-electron chi connectivity index (χ3n) is 4.87. The first-order valence-electron chi connectivity index (χ1n) is 8.33. The number of hydrogen-bond donors (Lipinski definition) is 1. The van der Waals surface area contributed by atoms with Gasteiger partial charge in [0, 0.05) is 70.0 Å². The highest BCUT2D eigenvalue weighted by Gasteiger charge is 2.26. The number of nitrogens with zero attached hydrogens (tertiary/aromatic N) is 3. The van der Waals surface area contributed by atoms with E-state index in [-0.39, 0.29) is 0 Å². The van der Waals surface area contributed by atoms with E-state index in [1.807, 2.05) is 12.1 Å². The second-order valence-corrected chi connectivity index (χ2v) is 6.89. The van der Waals surface area contributed by atoms with Crippen LogP contribution >= 0.6 is 11.6 Å². The zero-order valence-corrected chi connectivity index (χ0v) is 14.2. The number of halogens is 1. The van der Waals surface area contributed by atoms with Gasteiger partial charge in [0.1, 0.15) is 0 Å². The van der Waals surface area contributed by atoms with Gasteiger partial charge in [0.2, 0.25) is 0 Å². The maximum absolute atomic E-state index is 6.07. The average molecular weight is 323 g/mol. The van der Waals surface area contributed by atoms with Crippen molar-refractivity contribution < 1.29 is 0 Å². The Bertz CT molecular complexity index is 450. The molecule has 1 aromatic rings. The highest BCUT2D eigenvalue weighted by Crippen LogP contribution is 2.25. The summed E-state index contributed by atoms with van der Waals surface area (Å²) in [5, 5.41) is 4.26. The van der Waals surface area contributed by atoms with E-state index in [1.165, 1.54) is 5.56 Å². The Kier molecular flexibility index (Phi) is 5.71. The predicted octanol–water partition coefficient (Wildman–Crippen LogP) is 1.53. The minimum Gasteiger partial charge on any atom is -0.314 e. The van der Waals surface area contributed by atoms with Crippen molar-refractivity contribution >= 4 is 11.6 Å². The van der Waals surface area contributed by atoms with Gasteiger partial charge in [0.05, 0.1) is 0 Å². The van der Waals surface area contributed by atoms with Crippen molar-refractivity contribution in [3.8, 4) is 0 Å². The van der Waals surface area contributed by atoms with Crippen molar-refractivity contribution in [1.29, 1.82) is 0 Å². The molecule has 2 aliphatic rings. The number of hydrogen-bond acceptors (Lipinski definition) is 4. The Morgan fingerprint density at radius 3 is 2.27 bits per heavy atom. The molecule has 1 N–H and O–H groups in total. The standard InChI is InChI=1S/C17H27ClN4/c1-20-10-12-22(13-11-20)17(14-21-8-6-19-7-9-21)15-2-4-16(18)5-3-15/h2-5,17,19H,6-14H2,1H3. The van der Waals surface area contributed by atoms with Crippen LogP contribution in [0.5, 0.6) is 0 Å². The molecule has 2 heterocycles. The molecule has 122 valence electrons. The second-order valence-electron chi connectivity index (χ2n) is 6.46. The van der Waals surface area contributed by atoms with E-state index < -0.39 is 0 Å². The van der Waals surface area contributed by atoms with Gasteiger partial charge < -0.3 is 10.2 Å². The Labute approximate surface area is 139 Å². The van der Waals surface area contributed by atoms with Crippen LogP contribution in [0.2, 0.25) is 5.02 Å². The fourth-order valence-electron chi connectivity index (χ4n) is 3.39. The van der Waals surface area contributed by atoms with Gasteiger partial charge in [0.25, 0.3) is 0 Å². The van der Waals surface area contributed by atoms with Gasteiger partial charge >= 0.3 is 0 Å². The monoisotopic (exact) mass is 322 g/mol. The Morgan fingerprint density at radius 1 is 1.00 bits per heavy atom. The summed E-state index contributed by atoms with van der Waals surface area (Å²) in [4.78, 5) is 7.65. The van der Waals surface area contributed by atoms with Crippen molar-refractivity contribution in [3.05, 3.63) is 34.9 Å². The molecular formula is C17H27ClN4. The van der Waals surface area contributed by atoms with Gasteiger partial charge in [-0.15, -0.1) is 0 Å². The number of nitrogens with one attached hydrogen (secondary N) is 1. The molecule has 1 atom stereocenters. The van der Waals surface area contributed by atoms with Crippen molar-refractivity contribution in [2.45, 2.75) is 6.04 Å². The Balaban J connectivity index is 1.73. The van der Waals surface area contributed by atoms with Crippen LogP contribution in [0, 0.1) is 0 Å². The van der Waals surface area contributed by atoms with Crippen LogP contribution in [0.25, 0.3) is 0 Å². The van der Waals surface area contributed by atoms with Crippen LogP contribution in [0.3, 0.4) is 0 Å². The van der Waals surface area contributed by atoms with Crippen LogP contribution in [-0.2, 0) is 0 Å². The SMILES string of the molecule is CN1CCN(C(CN2CCNCC2)c2ccc(Cl)cc2)CC1. The number of benzene rings is 1. The summed E-state index contributed by atoms with van der Waals surface area (Å²) in [5.74, 6) is 0. The van der Waals surface area contributed by atoms with E-state index in [4.69, 9.17) is 11.6 Å². The fourth-order valence-corrected chi connectivity index (χ4v) is 3.51. The highest BCUT2D eigenvalue weighted by molar-refractivity contribution is 6.30. The fraction of sp³-hybridized carbons (Fsp3) is 0.647. The first kappa shape index (κ1) is 16.2. The normalized spacial score (nSPS) is 23.5. The van der Waals surface area contributed by atoms with Gasteiger partial charge in [0.15, 0.2) is 0 Å². The lowest BCUT2D eigenvalue weighted by Gasteiger charge is -2.41. The summed E-state index contributed by atoms with van der Waals surface area (Å²) in [7, 11) is 2.21. The lowest BCUT2D eigenvalue weighted by Crippen LogP contribution is -2.51. The molecule has 0 spiro atoms. The lowest BCUT2D eigenvalue weighted by atomic mass is 10.0. The molecule has 2 saturated heterocycles. The molecule has 5 heteroatoms. The summed E-state index contributed by atoms with van der Waals surface area (Å²) in [5.41, 5.74) is 1.40. The van der Waals surface area contributed by atoms with Crippen molar-refractivity contribution in [1.82, 2.24) is 20.0 Å². The van der Waals surface area contributed by atoms with E-state index in [0.29, 0.717) is 6.04 Å². The molecule has 2 fully saturated rings. The molecule has 0 saturated carbocycles. The summed E-state index contributed by atoms with van der Waals surface area (Å²) in [6.45, 7) is 10.2. The molecule has 0 aromatic heterocycles. The van der Waals surface area contributed by atoms with Gasteiger partial charge in [-0.1, -0.05) is 23.7 Å². The minimum absolute atomic E-state index is 0.476.